The molecule has 0 atom stereocenters. The summed E-state index contributed by atoms with van der Waals surface area (Å²) in [6.45, 7) is 0.0496. The van der Waals surface area contributed by atoms with Crippen molar-refractivity contribution in [3.05, 3.63) is 63.9 Å². The molecule has 5 heteroatoms. The number of hydrogen-bond donors (Lipinski definition) is 1. The second-order valence-corrected chi connectivity index (χ2v) is 4.73. The molecule has 0 heterocycles. The van der Waals surface area contributed by atoms with Crippen LogP contribution in [-0.2, 0) is 11.3 Å². The molecule has 2 aromatic rings. The Morgan fingerprint density at radius 2 is 1.95 bits per heavy atom. The Kier molecular flexibility index (Phi) is 4.16. The molecule has 19 heavy (non-hydrogen) atoms. The van der Waals surface area contributed by atoms with Gasteiger partial charge in [0.2, 0.25) is 0 Å². The van der Waals surface area contributed by atoms with E-state index in [1.807, 2.05) is 24.3 Å². The first-order chi connectivity index (χ1) is 9.09. The van der Waals surface area contributed by atoms with E-state index in [-0.39, 0.29) is 17.9 Å². The van der Waals surface area contributed by atoms with E-state index >= 15 is 0 Å². The molecule has 0 fully saturated rings. The van der Waals surface area contributed by atoms with Gasteiger partial charge in [-0.25, -0.2) is 9.18 Å². The van der Waals surface area contributed by atoms with Crippen LogP contribution in [0.3, 0.4) is 0 Å². The summed E-state index contributed by atoms with van der Waals surface area (Å²) in [6, 6.07) is 11.4. The van der Waals surface area contributed by atoms with Crippen LogP contribution in [0.1, 0.15) is 15.9 Å². The van der Waals surface area contributed by atoms with Gasteiger partial charge in [-0.05, 0) is 18.2 Å². The van der Waals surface area contributed by atoms with Gasteiger partial charge in [-0.15, -0.1) is 0 Å². The number of hydrogen-bond acceptors (Lipinski definition) is 3. The molecular weight excluding hydrogens is 313 g/mol. The van der Waals surface area contributed by atoms with Gasteiger partial charge in [-0.2, -0.15) is 0 Å². The summed E-state index contributed by atoms with van der Waals surface area (Å²) in [4.78, 5) is 11.8. The molecule has 0 bridgehead atoms. The van der Waals surface area contributed by atoms with Crippen molar-refractivity contribution in [2.45, 2.75) is 6.61 Å². The van der Waals surface area contributed by atoms with E-state index in [9.17, 15) is 9.18 Å². The summed E-state index contributed by atoms with van der Waals surface area (Å²) < 4.78 is 19.4. The predicted octanol–water partition coefficient (Wildman–Crippen LogP) is 3.53. The summed E-state index contributed by atoms with van der Waals surface area (Å²) in [6.07, 6.45) is 0. The van der Waals surface area contributed by atoms with Crippen LogP contribution < -0.4 is 5.73 Å². The Morgan fingerprint density at radius 3 is 2.63 bits per heavy atom. The number of esters is 1. The third-order valence-corrected chi connectivity index (χ3v) is 3.34. The Balaban J connectivity index is 2.13. The van der Waals surface area contributed by atoms with E-state index in [1.165, 1.54) is 18.2 Å². The van der Waals surface area contributed by atoms with Gasteiger partial charge >= 0.3 is 5.97 Å². The molecule has 98 valence electrons. The minimum Gasteiger partial charge on any atom is -0.457 e. The van der Waals surface area contributed by atoms with E-state index in [0.717, 1.165) is 10.0 Å². The van der Waals surface area contributed by atoms with Crippen molar-refractivity contribution in [3.8, 4) is 0 Å². The van der Waals surface area contributed by atoms with Crippen LogP contribution in [0.15, 0.2) is 46.9 Å². The van der Waals surface area contributed by atoms with E-state index in [0.29, 0.717) is 0 Å². The molecule has 0 spiro atoms. The van der Waals surface area contributed by atoms with Gasteiger partial charge in [0.1, 0.15) is 18.0 Å². The van der Waals surface area contributed by atoms with Gasteiger partial charge in [-0.3, -0.25) is 0 Å². The topological polar surface area (TPSA) is 52.3 Å². The molecule has 2 rings (SSSR count). The van der Waals surface area contributed by atoms with Crippen LogP contribution in [0, 0.1) is 5.82 Å². The third-order valence-electron chi connectivity index (χ3n) is 2.57. The van der Waals surface area contributed by atoms with Crippen molar-refractivity contribution >= 4 is 27.6 Å². The molecule has 0 aliphatic heterocycles. The average Bonchev–Trinajstić information content (AvgIpc) is 2.37. The van der Waals surface area contributed by atoms with E-state index in [1.54, 1.807) is 0 Å². The number of nitrogen functional groups attached to an aromatic ring is 1. The first kappa shape index (κ1) is 13.5. The Hall–Kier alpha value is -1.88. The van der Waals surface area contributed by atoms with Crippen molar-refractivity contribution < 1.29 is 13.9 Å². The zero-order chi connectivity index (χ0) is 13.8. The van der Waals surface area contributed by atoms with Crippen molar-refractivity contribution in [1.29, 1.82) is 0 Å². The molecule has 0 aliphatic carbocycles. The Morgan fingerprint density at radius 1 is 1.21 bits per heavy atom. The van der Waals surface area contributed by atoms with Crippen LogP contribution in [0.25, 0.3) is 0 Å². The van der Waals surface area contributed by atoms with Crippen LogP contribution in [0.5, 0.6) is 0 Å². The van der Waals surface area contributed by atoms with Crippen LogP contribution in [0.4, 0.5) is 10.1 Å². The van der Waals surface area contributed by atoms with Crippen LogP contribution in [0.2, 0.25) is 0 Å². The quantitative estimate of drug-likeness (QED) is 0.694. The van der Waals surface area contributed by atoms with Gasteiger partial charge in [0.05, 0.1) is 0 Å². The van der Waals surface area contributed by atoms with E-state index in [4.69, 9.17) is 10.5 Å². The normalized spacial score (nSPS) is 10.2. The highest BCUT2D eigenvalue weighted by atomic mass is 79.9. The molecule has 2 aromatic carbocycles. The number of rotatable bonds is 3. The lowest BCUT2D eigenvalue weighted by Crippen LogP contribution is -2.10. The molecule has 0 saturated carbocycles. The molecule has 0 amide bonds. The number of halogens is 2. The average molecular weight is 324 g/mol. The maximum absolute atomic E-state index is 13.5. The monoisotopic (exact) mass is 323 g/mol. The second-order valence-electron chi connectivity index (χ2n) is 3.87. The highest BCUT2D eigenvalue weighted by Crippen LogP contribution is 2.20. The zero-order valence-electron chi connectivity index (χ0n) is 9.90. The lowest BCUT2D eigenvalue weighted by atomic mass is 10.1. The van der Waals surface area contributed by atoms with E-state index in [2.05, 4.69) is 15.9 Å². The molecule has 3 nitrogen and oxygen atoms in total. The Labute approximate surface area is 118 Å². The summed E-state index contributed by atoms with van der Waals surface area (Å²) >= 11 is 3.34. The fraction of sp³-hybridized carbons (Fsp3) is 0.0714. The third kappa shape index (κ3) is 3.12. The van der Waals surface area contributed by atoms with Crippen molar-refractivity contribution in [1.82, 2.24) is 0 Å². The van der Waals surface area contributed by atoms with Gasteiger partial charge in [0, 0.05) is 15.7 Å². The number of carbonyl (C=O) groups is 1. The lowest BCUT2D eigenvalue weighted by molar-refractivity contribution is 0.0468. The van der Waals surface area contributed by atoms with Crippen LogP contribution >= 0.6 is 15.9 Å². The number of nitrogens with two attached hydrogens (primary N) is 1. The lowest BCUT2D eigenvalue weighted by Gasteiger charge is -2.08. The predicted molar refractivity (Wildman–Crippen MR) is 74.1 cm³/mol. The van der Waals surface area contributed by atoms with Crippen molar-refractivity contribution in [2.75, 3.05) is 5.73 Å². The summed E-state index contributed by atoms with van der Waals surface area (Å²) in [5.41, 5.74) is 6.21. The minimum absolute atomic E-state index is 0.0496. The minimum atomic E-state index is -0.772. The van der Waals surface area contributed by atoms with Gasteiger partial charge in [-0.1, -0.05) is 40.2 Å². The first-order valence-electron chi connectivity index (χ1n) is 5.54. The number of carbonyl (C=O) groups excluding carboxylic acids is 1. The van der Waals surface area contributed by atoms with Crippen molar-refractivity contribution in [2.24, 2.45) is 0 Å². The smallest absolute Gasteiger partial charge is 0.343 e. The molecule has 0 radical (unpaired) electrons. The van der Waals surface area contributed by atoms with E-state index < -0.39 is 11.8 Å². The molecule has 0 unspecified atom stereocenters. The summed E-state index contributed by atoms with van der Waals surface area (Å²) in [7, 11) is 0. The molecular formula is C14H11BrFNO2. The maximum atomic E-state index is 13.5. The fourth-order valence-corrected chi connectivity index (χ4v) is 1.99. The number of anilines is 1. The second kappa shape index (κ2) is 5.84. The summed E-state index contributed by atoms with van der Waals surface area (Å²) in [5, 5.41) is 0. The van der Waals surface area contributed by atoms with Gasteiger partial charge in [0.15, 0.2) is 0 Å². The number of ether oxygens (including phenoxy) is 1. The fourth-order valence-electron chi connectivity index (χ4n) is 1.59. The SMILES string of the molecule is Nc1cccc(F)c1C(=O)OCc1ccccc1Br. The molecule has 0 aromatic heterocycles. The van der Waals surface area contributed by atoms with Gasteiger partial charge < -0.3 is 10.5 Å². The molecule has 0 saturated heterocycles. The highest BCUT2D eigenvalue weighted by molar-refractivity contribution is 9.10. The van der Waals surface area contributed by atoms with Crippen LogP contribution in [-0.4, -0.2) is 5.97 Å². The molecule has 0 aliphatic rings. The first-order valence-corrected chi connectivity index (χ1v) is 6.33. The summed E-state index contributed by atoms with van der Waals surface area (Å²) in [5.74, 6) is -1.46. The van der Waals surface area contributed by atoms with Gasteiger partial charge in [0.25, 0.3) is 0 Å². The largest absolute Gasteiger partial charge is 0.457 e. The maximum Gasteiger partial charge on any atom is 0.343 e. The molecule has 2 N–H and O–H groups in total. The Bertz CT molecular complexity index is 596. The highest BCUT2D eigenvalue weighted by Gasteiger charge is 2.16. The zero-order valence-corrected chi connectivity index (χ0v) is 11.5. The van der Waals surface area contributed by atoms with Crippen molar-refractivity contribution in [3.63, 3.8) is 0 Å². The number of benzene rings is 2. The standard InChI is InChI=1S/C14H11BrFNO2/c15-10-5-2-1-4-9(10)8-19-14(18)13-11(16)6-3-7-12(13)17/h1-7H,8,17H2.